The average molecular weight is 280 g/mol. The summed E-state index contributed by atoms with van der Waals surface area (Å²) >= 11 is 0. The monoisotopic (exact) mass is 280 g/mol. The molecule has 1 amide bonds. The Labute approximate surface area is 121 Å². The van der Waals surface area contributed by atoms with Crippen molar-refractivity contribution in [3.8, 4) is 0 Å². The Morgan fingerprint density at radius 1 is 1.40 bits per heavy atom. The highest BCUT2D eigenvalue weighted by molar-refractivity contribution is 5.89. The van der Waals surface area contributed by atoms with Crippen LogP contribution in [0.1, 0.15) is 52.9 Å². The number of amides is 1. The molecule has 2 saturated carbocycles. The molecule has 3 aliphatic rings. The molecule has 4 heteroatoms. The normalized spacial score (nSPS) is 40.4. The van der Waals surface area contributed by atoms with Crippen molar-refractivity contribution < 1.29 is 9.53 Å². The highest BCUT2D eigenvalue weighted by atomic mass is 16.5. The summed E-state index contributed by atoms with van der Waals surface area (Å²) in [5.41, 5.74) is 5.86. The summed E-state index contributed by atoms with van der Waals surface area (Å²) in [4.78, 5) is 12.7. The van der Waals surface area contributed by atoms with Gasteiger partial charge in [-0.15, -0.1) is 0 Å². The lowest BCUT2D eigenvalue weighted by molar-refractivity contribution is -0.176. The third kappa shape index (κ3) is 1.64. The van der Waals surface area contributed by atoms with Crippen LogP contribution in [-0.4, -0.2) is 30.7 Å². The first-order chi connectivity index (χ1) is 9.37. The first-order valence-corrected chi connectivity index (χ1v) is 8.06. The van der Waals surface area contributed by atoms with Crippen molar-refractivity contribution in [1.82, 2.24) is 5.32 Å². The van der Waals surface area contributed by atoms with Gasteiger partial charge in [-0.1, -0.05) is 27.2 Å². The number of hydrogen-bond donors (Lipinski definition) is 2. The van der Waals surface area contributed by atoms with Gasteiger partial charge >= 0.3 is 0 Å². The summed E-state index contributed by atoms with van der Waals surface area (Å²) in [6.45, 7) is 7.88. The van der Waals surface area contributed by atoms with Crippen molar-refractivity contribution in [1.29, 1.82) is 0 Å². The van der Waals surface area contributed by atoms with Gasteiger partial charge in [-0.2, -0.15) is 0 Å². The van der Waals surface area contributed by atoms with Gasteiger partial charge in [-0.05, 0) is 31.1 Å². The molecule has 0 radical (unpaired) electrons. The molecule has 1 heterocycles. The van der Waals surface area contributed by atoms with Crippen LogP contribution in [0.25, 0.3) is 0 Å². The van der Waals surface area contributed by atoms with Crippen molar-refractivity contribution >= 4 is 5.91 Å². The quantitative estimate of drug-likeness (QED) is 0.825. The molecule has 0 spiro atoms. The van der Waals surface area contributed by atoms with Crippen LogP contribution >= 0.6 is 0 Å². The first-order valence-electron chi connectivity index (χ1n) is 8.06. The zero-order chi connectivity index (χ0) is 14.6. The SMILES string of the molecule is CCC1(CNC(=O)C2(N)C3CCOC3C2(C)C)CCC1. The van der Waals surface area contributed by atoms with E-state index >= 15 is 0 Å². The Morgan fingerprint density at radius 2 is 2.10 bits per heavy atom. The van der Waals surface area contributed by atoms with Crippen LogP contribution in [0.3, 0.4) is 0 Å². The van der Waals surface area contributed by atoms with Gasteiger partial charge in [0.1, 0.15) is 5.54 Å². The molecule has 3 atom stereocenters. The van der Waals surface area contributed by atoms with Crippen LogP contribution in [0.5, 0.6) is 0 Å². The average Bonchev–Trinajstić information content (AvgIpc) is 2.84. The van der Waals surface area contributed by atoms with Crippen LogP contribution < -0.4 is 11.1 Å². The zero-order valence-corrected chi connectivity index (χ0v) is 13.0. The number of rotatable bonds is 4. The maximum atomic E-state index is 12.7. The van der Waals surface area contributed by atoms with Gasteiger partial charge < -0.3 is 15.8 Å². The molecule has 0 aromatic rings. The van der Waals surface area contributed by atoms with E-state index in [0.29, 0.717) is 5.41 Å². The standard InChI is InChI=1S/C16H28N2O2/c1-4-15(7-5-8-15)10-18-13(19)16(17)11-6-9-20-12(11)14(16,2)3/h11-12H,4-10,17H2,1-3H3,(H,18,19). The molecule has 1 saturated heterocycles. The van der Waals surface area contributed by atoms with Crippen molar-refractivity contribution in [2.45, 2.75) is 64.5 Å². The van der Waals surface area contributed by atoms with Gasteiger partial charge in [0.15, 0.2) is 0 Å². The molecule has 3 rings (SSSR count). The Bertz CT molecular complexity index is 411. The maximum Gasteiger partial charge on any atom is 0.241 e. The lowest BCUT2D eigenvalue weighted by atomic mass is 9.48. The topological polar surface area (TPSA) is 64.4 Å². The van der Waals surface area contributed by atoms with Crippen molar-refractivity contribution in [3.05, 3.63) is 0 Å². The number of hydrogen-bond acceptors (Lipinski definition) is 3. The molecule has 3 unspecified atom stereocenters. The molecular formula is C16H28N2O2. The van der Waals surface area contributed by atoms with Crippen LogP contribution in [0.4, 0.5) is 0 Å². The first kappa shape index (κ1) is 14.3. The third-order valence-electron chi connectivity index (χ3n) is 6.62. The second kappa shape index (κ2) is 4.44. The Balaban J connectivity index is 1.67. The highest BCUT2D eigenvalue weighted by Gasteiger charge is 2.71. The summed E-state index contributed by atoms with van der Waals surface area (Å²) in [6, 6.07) is 0. The van der Waals surface area contributed by atoms with E-state index in [-0.39, 0.29) is 23.3 Å². The smallest absolute Gasteiger partial charge is 0.241 e. The van der Waals surface area contributed by atoms with Crippen LogP contribution in [0.15, 0.2) is 0 Å². The molecule has 3 N–H and O–H groups in total. The molecule has 114 valence electrons. The Hall–Kier alpha value is -0.610. The number of nitrogens with one attached hydrogen (secondary N) is 1. The van der Waals surface area contributed by atoms with Gasteiger partial charge in [0.2, 0.25) is 5.91 Å². The van der Waals surface area contributed by atoms with Gasteiger partial charge in [0.25, 0.3) is 0 Å². The predicted octanol–water partition coefficient (Wildman–Crippen LogP) is 1.83. The number of nitrogens with two attached hydrogens (primary N) is 1. The predicted molar refractivity (Wildman–Crippen MR) is 78.1 cm³/mol. The van der Waals surface area contributed by atoms with Gasteiger partial charge in [0.05, 0.1) is 6.10 Å². The number of ether oxygens (including phenoxy) is 1. The fraction of sp³-hybridized carbons (Fsp3) is 0.938. The second-order valence-electron chi connectivity index (χ2n) is 7.67. The van der Waals surface area contributed by atoms with Crippen LogP contribution in [0, 0.1) is 16.7 Å². The molecular weight excluding hydrogens is 252 g/mol. The fourth-order valence-electron chi connectivity index (χ4n) is 4.59. The van der Waals surface area contributed by atoms with E-state index in [4.69, 9.17) is 10.5 Å². The molecule has 0 bridgehead atoms. The largest absolute Gasteiger partial charge is 0.377 e. The summed E-state index contributed by atoms with van der Waals surface area (Å²) in [7, 11) is 0. The fourth-order valence-corrected chi connectivity index (χ4v) is 4.59. The third-order valence-corrected chi connectivity index (χ3v) is 6.62. The number of fused-ring (bicyclic) bond motifs is 1. The van der Waals surface area contributed by atoms with Crippen LogP contribution in [-0.2, 0) is 9.53 Å². The van der Waals surface area contributed by atoms with Gasteiger partial charge in [-0.3, -0.25) is 4.79 Å². The van der Waals surface area contributed by atoms with E-state index < -0.39 is 5.54 Å². The number of carbonyl (C=O) groups excluding carboxylic acids is 1. The molecule has 0 aromatic carbocycles. The summed E-state index contributed by atoms with van der Waals surface area (Å²) in [5.74, 6) is 0.227. The molecule has 1 aliphatic heterocycles. The zero-order valence-electron chi connectivity index (χ0n) is 13.0. The van der Waals surface area contributed by atoms with Gasteiger partial charge in [0, 0.05) is 24.5 Å². The maximum absolute atomic E-state index is 12.7. The van der Waals surface area contributed by atoms with E-state index in [9.17, 15) is 4.79 Å². The summed E-state index contributed by atoms with van der Waals surface area (Å²) in [6.07, 6.45) is 5.98. The summed E-state index contributed by atoms with van der Waals surface area (Å²) in [5, 5.41) is 3.17. The molecule has 20 heavy (non-hydrogen) atoms. The second-order valence-corrected chi connectivity index (χ2v) is 7.67. The minimum absolute atomic E-state index is 0.0361. The van der Waals surface area contributed by atoms with E-state index in [0.717, 1.165) is 26.0 Å². The van der Waals surface area contributed by atoms with E-state index in [1.165, 1.54) is 19.3 Å². The Kier molecular flexibility index (Phi) is 3.18. The summed E-state index contributed by atoms with van der Waals surface area (Å²) < 4.78 is 5.75. The van der Waals surface area contributed by atoms with E-state index in [1.807, 2.05) is 0 Å². The lowest BCUT2D eigenvalue weighted by Gasteiger charge is -2.60. The van der Waals surface area contributed by atoms with Crippen LogP contribution in [0.2, 0.25) is 0 Å². The number of carbonyl (C=O) groups is 1. The molecule has 3 fully saturated rings. The minimum Gasteiger partial charge on any atom is -0.377 e. The molecule has 4 nitrogen and oxygen atoms in total. The van der Waals surface area contributed by atoms with E-state index in [2.05, 4.69) is 26.1 Å². The van der Waals surface area contributed by atoms with E-state index in [1.54, 1.807) is 0 Å². The van der Waals surface area contributed by atoms with Gasteiger partial charge in [-0.25, -0.2) is 0 Å². The van der Waals surface area contributed by atoms with Crippen molar-refractivity contribution in [2.24, 2.45) is 22.5 Å². The molecule has 2 aliphatic carbocycles. The van der Waals surface area contributed by atoms with Crippen molar-refractivity contribution in [3.63, 3.8) is 0 Å². The minimum atomic E-state index is -0.757. The lowest BCUT2D eigenvalue weighted by Crippen LogP contribution is -2.80. The highest BCUT2D eigenvalue weighted by Crippen LogP contribution is 2.58. The Morgan fingerprint density at radius 3 is 2.65 bits per heavy atom. The van der Waals surface area contributed by atoms with Crippen molar-refractivity contribution in [2.75, 3.05) is 13.2 Å². The molecule has 0 aromatic heterocycles.